The number of benzene rings is 3. The van der Waals surface area contributed by atoms with Crippen molar-refractivity contribution in [2.45, 2.75) is 19.3 Å². The quantitative estimate of drug-likeness (QED) is 0.520. The third-order valence-electron chi connectivity index (χ3n) is 5.39. The molecule has 1 heterocycles. The number of carbonyl (C=O) groups is 1. The number of nitrogens with one attached hydrogen (secondary N) is 1. The molecule has 1 aliphatic heterocycles. The van der Waals surface area contributed by atoms with Gasteiger partial charge in [0.15, 0.2) is 0 Å². The van der Waals surface area contributed by atoms with Gasteiger partial charge in [-0.25, -0.2) is 4.79 Å². The van der Waals surface area contributed by atoms with Gasteiger partial charge in [0.25, 0.3) is 0 Å². The summed E-state index contributed by atoms with van der Waals surface area (Å²) in [5.74, 6) is 0.302. The Morgan fingerprint density at radius 2 is 1.45 bits per heavy atom. The highest BCUT2D eigenvalue weighted by Gasteiger charge is 2.34. The van der Waals surface area contributed by atoms with Gasteiger partial charge >= 0.3 is 6.16 Å². The summed E-state index contributed by atoms with van der Waals surface area (Å²) in [7, 11) is 1.32. The van der Waals surface area contributed by atoms with Gasteiger partial charge in [-0.1, -0.05) is 91.0 Å². The van der Waals surface area contributed by atoms with Crippen LogP contribution in [0.5, 0.6) is 0 Å². The summed E-state index contributed by atoms with van der Waals surface area (Å²) in [6.07, 6.45) is 0.00745. The Bertz CT molecular complexity index is 1100. The average molecular weight is 412 g/mol. The minimum Gasteiger partial charge on any atom is -0.437 e. The maximum absolute atomic E-state index is 12.1. The van der Waals surface area contributed by atoms with Crippen LogP contribution in [-0.2, 0) is 15.9 Å². The first kappa shape index (κ1) is 20.5. The van der Waals surface area contributed by atoms with E-state index in [0.717, 1.165) is 34.5 Å². The zero-order chi connectivity index (χ0) is 21.6. The fourth-order valence-electron chi connectivity index (χ4n) is 4.01. The van der Waals surface area contributed by atoms with Crippen LogP contribution in [0.15, 0.2) is 108 Å². The third-order valence-corrected chi connectivity index (χ3v) is 5.39. The van der Waals surface area contributed by atoms with Crippen molar-refractivity contribution in [3.8, 4) is 0 Å². The molecule has 0 spiro atoms. The minimum absolute atomic E-state index is 0.248. The zero-order valence-corrected chi connectivity index (χ0v) is 17.7. The van der Waals surface area contributed by atoms with Gasteiger partial charge in [-0.15, -0.1) is 0 Å². The lowest BCUT2D eigenvalue weighted by atomic mass is 9.80. The van der Waals surface area contributed by atoms with E-state index in [4.69, 9.17) is 9.47 Å². The van der Waals surface area contributed by atoms with Gasteiger partial charge in [-0.2, -0.15) is 0 Å². The Balaban J connectivity index is 1.90. The van der Waals surface area contributed by atoms with Crippen LogP contribution >= 0.6 is 0 Å². The van der Waals surface area contributed by atoms with Gasteiger partial charge in [0, 0.05) is 12.1 Å². The van der Waals surface area contributed by atoms with E-state index < -0.39 is 6.16 Å². The predicted molar refractivity (Wildman–Crippen MR) is 122 cm³/mol. The normalized spacial score (nSPS) is 16.0. The molecule has 1 N–H and O–H groups in total. The molecule has 0 bridgehead atoms. The van der Waals surface area contributed by atoms with Crippen LogP contribution in [-0.4, -0.2) is 13.3 Å². The first-order valence-electron chi connectivity index (χ1n) is 10.3. The van der Waals surface area contributed by atoms with Crippen LogP contribution in [0.2, 0.25) is 0 Å². The molecule has 0 aliphatic carbocycles. The van der Waals surface area contributed by atoms with Crippen molar-refractivity contribution in [2.75, 3.05) is 7.11 Å². The molecule has 0 radical (unpaired) electrons. The number of ether oxygens (including phenoxy) is 2. The Labute approximate surface area is 182 Å². The summed E-state index contributed by atoms with van der Waals surface area (Å²) in [6, 6.07) is 30.7. The predicted octanol–water partition coefficient (Wildman–Crippen LogP) is 6.04. The number of hydrogen-bond donors (Lipinski definition) is 1. The van der Waals surface area contributed by atoms with Gasteiger partial charge < -0.3 is 14.8 Å². The monoisotopic (exact) mass is 411 g/mol. The SMILES string of the molecule is COC(=O)OC1=C(C)NC(Cc2ccccc2)=C(c2ccccc2)C1c1ccccc1. The number of rotatable bonds is 5. The molecule has 1 aliphatic rings. The standard InChI is InChI=1S/C27H25NO3/c1-19-26(31-27(29)30-2)25(22-16-10-5-11-17-22)24(21-14-8-4-9-15-21)23(28-19)18-20-12-6-3-7-13-20/h3-17,25,28H,18H2,1-2H3. The molecule has 4 rings (SSSR count). The maximum Gasteiger partial charge on any atom is 0.513 e. The Morgan fingerprint density at radius 3 is 2.06 bits per heavy atom. The highest BCUT2D eigenvalue weighted by atomic mass is 16.7. The lowest BCUT2D eigenvalue weighted by molar-refractivity contribution is 0.0929. The molecule has 3 aromatic rings. The average Bonchev–Trinajstić information content (AvgIpc) is 2.82. The van der Waals surface area contributed by atoms with Crippen molar-refractivity contribution in [3.63, 3.8) is 0 Å². The van der Waals surface area contributed by atoms with Crippen LogP contribution in [0.4, 0.5) is 4.79 Å². The molecule has 4 nitrogen and oxygen atoms in total. The molecular formula is C27H25NO3. The second-order valence-electron chi connectivity index (χ2n) is 7.43. The summed E-state index contributed by atoms with van der Waals surface area (Å²) in [6.45, 7) is 1.93. The highest BCUT2D eigenvalue weighted by Crippen LogP contribution is 2.44. The Hall–Kier alpha value is -3.79. The number of dihydropyridines is 1. The molecule has 0 amide bonds. The number of hydrogen-bond acceptors (Lipinski definition) is 4. The van der Waals surface area contributed by atoms with Crippen molar-refractivity contribution in [2.24, 2.45) is 0 Å². The first-order valence-corrected chi connectivity index (χ1v) is 10.3. The van der Waals surface area contributed by atoms with Gasteiger partial charge in [0.05, 0.1) is 18.7 Å². The fourth-order valence-corrected chi connectivity index (χ4v) is 4.01. The lowest BCUT2D eigenvalue weighted by Gasteiger charge is -2.33. The second kappa shape index (κ2) is 9.35. The molecule has 0 fully saturated rings. The van der Waals surface area contributed by atoms with E-state index in [1.54, 1.807) is 0 Å². The molecule has 1 atom stereocenters. The third kappa shape index (κ3) is 4.53. The highest BCUT2D eigenvalue weighted by molar-refractivity contribution is 5.79. The van der Waals surface area contributed by atoms with E-state index in [1.165, 1.54) is 12.7 Å². The van der Waals surface area contributed by atoms with Crippen molar-refractivity contribution in [1.29, 1.82) is 0 Å². The molecule has 0 saturated carbocycles. The van der Waals surface area contributed by atoms with Crippen LogP contribution in [0, 0.1) is 0 Å². The van der Waals surface area contributed by atoms with Gasteiger partial charge in [0.1, 0.15) is 5.76 Å². The van der Waals surface area contributed by atoms with Gasteiger partial charge in [-0.05, 0) is 29.2 Å². The second-order valence-corrected chi connectivity index (χ2v) is 7.43. The molecule has 3 aromatic carbocycles. The summed E-state index contributed by atoms with van der Waals surface area (Å²) < 4.78 is 10.5. The largest absolute Gasteiger partial charge is 0.513 e. The number of carbonyl (C=O) groups excluding carboxylic acids is 1. The first-order chi connectivity index (χ1) is 15.2. The fraction of sp³-hybridized carbons (Fsp3) is 0.148. The molecular weight excluding hydrogens is 386 g/mol. The van der Waals surface area contributed by atoms with E-state index in [9.17, 15) is 4.79 Å². The van der Waals surface area contributed by atoms with E-state index in [1.807, 2.05) is 61.5 Å². The number of allylic oxidation sites excluding steroid dienone is 3. The lowest BCUT2D eigenvalue weighted by Crippen LogP contribution is -2.28. The maximum atomic E-state index is 12.1. The van der Waals surface area contributed by atoms with E-state index in [0.29, 0.717) is 5.76 Å². The van der Waals surface area contributed by atoms with Crippen LogP contribution in [0.1, 0.15) is 29.5 Å². The van der Waals surface area contributed by atoms with Crippen LogP contribution < -0.4 is 5.32 Å². The number of methoxy groups -OCH3 is 1. The minimum atomic E-state index is -0.726. The van der Waals surface area contributed by atoms with E-state index >= 15 is 0 Å². The summed E-state index contributed by atoms with van der Waals surface area (Å²) in [5.41, 5.74) is 6.29. The molecule has 0 aromatic heterocycles. The Kier molecular flexibility index (Phi) is 6.18. The van der Waals surface area contributed by atoms with Gasteiger partial charge in [-0.3, -0.25) is 0 Å². The van der Waals surface area contributed by atoms with E-state index in [2.05, 4.69) is 41.7 Å². The van der Waals surface area contributed by atoms with Crippen molar-refractivity contribution < 1.29 is 14.3 Å². The summed E-state index contributed by atoms with van der Waals surface area (Å²) >= 11 is 0. The van der Waals surface area contributed by atoms with Crippen LogP contribution in [0.25, 0.3) is 5.57 Å². The summed E-state index contributed by atoms with van der Waals surface area (Å²) in [5, 5.41) is 3.52. The Morgan fingerprint density at radius 1 is 0.871 bits per heavy atom. The molecule has 4 heteroatoms. The van der Waals surface area contributed by atoms with Gasteiger partial charge in [0.2, 0.25) is 0 Å². The summed E-state index contributed by atoms with van der Waals surface area (Å²) in [4.78, 5) is 12.1. The molecule has 1 unspecified atom stereocenters. The van der Waals surface area contributed by atoms with E-state index in [-0.39, 0.29) is 5.92 Å². The smallest absolute Gasteiger partial charge is 0.437 e. The topological polar surface area (TPSA) is 47.6 Å². The zero-order valence-electron chi connectivity index (χ0n) is 17.7. The molecule has 31 heavy (non-hydrogen) atoms. The molecule has 156 valence electrons. The van der Waals surface area contributed by atoms with Crippen molar-refractivity contribution in [1.82, 2.24) is 5.32 Å². The molecule has 0 saturated heterocycles. The van der Waals surface area contributed by atoms with Crippen molar-refractivity contribution in [3.05, 3.63) is 125 Å². The van der Waals surface area contributed by atoms with Crippen molar-refractivity contribution >= 4 is 11.7 Å². The van der Waals surface area contributed by atoms with Crippen LogP contribution in [0.3, 0.4) is 0 Å².